The molecule has 4 rings (SSSR count). The molecule has 2 aromatic heterocycles. The first kappa shape index (κ1) is 31.8. The summed E-state index contributed by atoms with van der Waals surface area (Å²) in [7, 11) is 1.56. The Hall–Kier alpha value is -3.12. The van der Waals surface area contributed by atoms with Crippen LogP contribution in [0.5, 0.6) is 5.75 Å². The van der Waals surface area contributed by atoms with Crippen LogP contribution in [-0.2, 0) is 4.74 Å². The monoisotopic (exact) mass is 620 g/mol. The number of ether oxygens (including phenoxy) is 2. The molecule has 228 valence electrons. The molecule has 1 aliphatic heterocycles. The lowest BCUT2D eigenvalue weighted by Gasteiger charge is -2.26. The van der Waals surface area contributed by atoms with Gasteiger partial charge in [0.25, 0.3) is 0 Å². The molecule has 0 saturated carbocycles. The number of aliphatic hydroxyl groups is 1. The van der Waals surface area contributed by atoms with Crippen molar-refractivity contribution in [3.63, 3.8) is 0 Å². The summed E-state index contributed by atoms with van der Waals surface area (Å²) in [5, 5.41) is 22.2. The van der Waals surface area contributed by atoms with Crippen LogP contribution in [0.25, 0.3) is 22.6 Å². The third-order valence-electron chi connectivity index (χ3n) is 6.61. The second kappa shape index (κ2) is 13.5. The number of amides is 1. The fraction of sp³-hybridized carbons (Fsp3) is 0.517. The van der Waals surface area contributed by atoms with Crippen molar-refractivity contribution in [2.75, 3.05) is 38.6 Å². The van der Waals surface area contributed by atoms with E-state index >= 15 is 0 Å². The summed E-state index contributed by atoms with van der Waals surface area (Å²) >= 11 is 13.5. The van der Waals surface area contributed by atoms with Crippen LogP contribution in [0.4, 0.5) is 10.6 Å². The largest absolute Gasteiger partial charge is 0.491 e. The van der Waals surface area contributed by atoms with E-state index in [0.29, 0.717) is 55.7 Å². The first-order valence-corrected chi connectivity index (χ1v) is 14.6. The van der Waals surface area contributed by atoms with Gasteiger partial charge in [0.2, 0.25) is 0 Å². The molecule has 0 bridgehead atoms. The molecule has 1 atom stereocenters. The van der Waals surface area contributed by atoms with Crippen LogP contribution in [-0.4, -0.2) is 82.3 Å². The Morgan fingerprint density at radius 3 is 2.60 bits per heavy atom. The number of aliphatic hydroxyl groups excluding tert-OH is 1. The van der Waals surface area contributed by atoms with E-state index in [9.17, 15) is 9.90 Å². The maximum Gasteiger partial charge on any atom is 0.410 e. The van der Waals surface area contributed by atoms with Crippen LogP contribution < -0.4 is 15.4 Å². The minimum atomic E-state index is -0.958. The van der Waals surface area contributed by atoms with Crippen LogP contribution in [0.1, 0.15) is 45.1 Å². The lowest BCUT2D eigenvalue weighted by atomic mass is 10.1. The zero-order valence-electron chi connectivity index (χ0n) is 24.8. The number of nitrogens with zero attached hydrogens (tertiary/aromatic N) is 4. The molecule has 3 N–H and O–H groups in total. The number of piperidine rings is 1. The lowest BCUT2D eigenvalue weighted by molar-refractivity contribution is 0.0154. The topological polar surface area (TPSA) is 135 Å². The zero-order valence-corrected chi connectivity index (χ0v) is 26.3. The Labute approximate surface area is 255 Å². The first-order valence-electron chi connectivity index (χ1n) is 13.8. The van der Waals surface area contributed by atoms with Gasteiger partial charge < -0.3 is 34.6 Å². The number of carbonyl (C=O) groups is 1. The van der Waals surface area contributed by atoms with E-state index in [4.69, 9.17) is 47.2 Å². The molecular formula is C29H38Cl2N6O5. The van der Waals surface area contributed by atoms with Crippen molar-refractivity contribution in [3.05, 3.63) is 39.7 Å². The van der Waals surface area contributed by atoms with Gasteiger partial charge in [-0.2, -0.15) is 0 Å². The predicted octanol–water partition coefficient (Wildman–Crippen LogP) is 5.49. The number of benzene rings is 1. The van der Waals surface area contributed by atoms with E-state index in [2.05, 4.69) is 15.8 Å². The highest BCUT2D eigenvalue weighted by Crippen LogP contribution is 2.39. The van der Waals surface area contributed by atoms with Crippen molar-refractivity contribution in [2.24, 2.45) is 0 Å². The second-order valence-electron chi connectivity index (χ2n) is 11.4. The molecule has 1 aliphatic rings. The van der Waals surface area contributed by atoms with Gasteiger partial charge in [0, 0.05) is 18.7 Å². The molecule has 0 radical (unpaired) electrons. The second-order valence-corrected chi connectivity index (χ2v) is 12.2. The average Bonchev–Trinajstić information content (AvgIpc) is 3.26. The summed E-state index contributed by atoms with van der Waals surface area (Å²) in [6.45, 7) is 10.7. The molecule has 1 saturated heterocycles. The standard InChI is InChI=1S/C29H38Cl2N6O5/c1-16-23(17(2)42-36-16)25-24(31)27(33-18-9-11-32-12-10-18)35-26(34-25)21-13-20(7-8-22(21)30)40-15-19(38)14-37(6)28(39)41-29(3,4)5/h7-8,13,18-19,32,38H,9-12,14-15H2,1-6H3,(H,33,34,35)/t19-/m1/s1. The van der Waals surface area contributed by atoms with Gasteiger partial charge in [-0.25, -0.2) is 14.8 Å². The maximum absolute atomic E-state index is 12.2. The average molecular weight is 622 g/mol. The summed E-state index contributed by atoms with van der Waals surface area (Å²) in [5.41, 5.74) is 1.72. The smallest absolute Gasteiger partial charge is 0.410 e. The molecular weight excluding hydrogens is 583 g/mol. The van der Waals surface area contributed by atoms with Gasteiger partial charge in [0.05, 0.1) is 22.8 Å². The van der Waals surface area contributed by atoms with E-state index < -0.39 is 17.8 Å². The first-order chi connectivity index (χ1) is 19.8. The number of aromatic nitrogens is 3. The van der Waals surface area contributed by atoms with Gasteiger partial charge >= 0.3 is 6.09 Å². The van der Waals surface area contributed by atoms with E-state index in [0.717, 1.165) is 25.9 Å². The number of rotatable bonds is 9. The van der Waals surface area contributed by atoms with Gasteiger partial charge in [0.1, 0.15) is 46.4 Å². The molecule has 1 aromatic carbocycles. The molecule has 0 unspecified atom stereocenters. The Morgan fingerprint density at radius 1 is 1.24 bits per heavy atom. The van der Waals surface area contributed by atoms with Gasteiger partial charge in [-0.3, -0.25) is 0 Å². The Morgan fingerprint density at radius 2 is 1.95 bits per heavy atom. The van der Waals surface area contributed by atoms with Crippen LogP contribution in [0.3, 0.4) is 0 Å². The lowest BCUT2D eigenvalue weighted by Crippen LogP contribution is -2.40. The number of hydrogen-bond donors (Lipinski definition) is 3. The Balaban J connectivity index is 1.59. The van der Waals surface area contributed by atoms with E-state index in [1.54, 1.807) is 52.9 Å². The highest BCUT2D eigenvalue weighted by atomic mass is 35.5. The number of halogens is 2. The van der Waals surface area contributed by atoms with Crippen LogP contribution in [0, 0.1) is 13.8 Å². The number of hydrogen-bond acceptors (Lipinski definition) is 10. The summed E-state index contributed by atoms with van der Waals surface area (Å²) < 4.78 is 16.6. The fourth-order valence-electron chi connectivity index (χ4n) is 4.55. The third kappa shape index (κ3) is 8.03. The Kier molecular flexibility index (Phi) is 10.2. The Bertz CT molecular complexity index is 1380. The minimum Gasteiger partial charge on any atom is -0.491 e. The summed E-state index contributed by atoms with van der Waals surface area (Å²) in [5.74, 6) is 1.86. The molecule has 42 heavy (non-hydrogen) atoms. The molecule has 11 nitrogen and oxygen atoms in total. The van der Waals surface area contributed by atoms with Crippen molar-refractivity contribution in [1.82, 2.24) is 25.3 Å². The molecule has 0 spiro atoms. The third-order valence-corrected chi connectivity index (χ3v) is 7.30. The summed E-state index contributed by atoms with van der Waals surface area (Å²) in [4.78, 5) is 23.1. The van der Waals surface area contributed by atoms with Crippen molar-refractivity contribution in [2.45, 2.75) is 65.2 Å². The molecule has 3 heterocycles. The highest BCUT2D eigenvalue weighted by Gasteiger charge is 2.25. The van der Waals surface area contributed by atoms with Crippen molar-refractivity contribution < 1.29 is 23.9 Å². The summed E-state index contributed by atoms with van der Waals surface area (Å²) in [6.07, 6.45) is 0.357. The molecule has 1 fully saturated rings. The van der Waals surface area contributed by atoms with Crippen LogP contribution in [0.15, 0.2) is 22.7 Å². The fourth-order valence-corrected chi connectivity index (χ4v) is 4.99. The zero-order chi connectivity index (χ0) is 30.6. The van der Waals surface area contributed by atoms with Crippen molar-refractivity contribution in [1.29, 1.82) is 0 Å². The van der Waals surface area contributed by atoms with E-state index in [1.807, 2.05) is 6.92 Å². The maximum atomic E-state index is 12.2. The normalized spacial score (nSPS) is 14.9. The predicted molar refractivity (Wildman–Crippen MR) is 162 cm³/mol. The number of aryl methyl sites for hydroxylation is 2. The number of carbonyl (C=O) groups excluding carboxylic acids is 1. The van der Waals surface area contributed by atoms with Gasteiger partial charge in [0.15, 0.2) is 5.82 Å². The van der Waals surface area contributed by atoms with Crippen molar-refractivity contribution in [3.8, 4) is 28.4 Å². The van der Waals surface area contributed by atoms with Crippen LogP contribution in [0.2, 0.25) is 10.0 Å². The van der Waals surface area contributed by atoms with Gasteiger partial charge in [-0.05, 0) is 78.7 Å². The number of anilines is 1. The quantitative estimate of drug-likeness (QED) is 0.281. The molecule has 1 amide bonds. The van der Waals surface area contributed by atoms with E-state index in [1.165, 1.54) is 4.90 Å². The number of nitrogens with one attached hydrogen (secondary N) is 2. The SMILES string of the molecule is Cc1noc(C)c1-c1nc(-c2cc(OC[C@H](O)CN(C)C(=O)OC(C)(C)C)ccc2Cl)nc(NC2CCNCC2)c1Cl. The van der Waals surface area contributed by atoms with Gasteiger partial charge in [-0.1, -0.05) is 28.4 Å². The number of likely N-dealkylation sites (N-methyl/N-ethyl adjacent to an activating group) is 1. The van der Waals surface area contributed by atoms with Crippen LogP contribution >= 0.6 is 23.2 Å². The highest BCUT2D eigenvalue weighted by molar-refractivity contribution is 6.35. The van der Waals surface area contributed by atoms with Gasteiger partial charge in [-0.15, -0.1) is 0 Å². The molecule has 3 aromatic rings. The van der Waals surface area contributed by atoms with E-state index in [-0.39, 0.29) is 19.2 Å². The molecule has 13 heteroatoms. The minimum absolute atomic E-state index is 0.0299. The molecule has 0 aliphatic carbocycles. The van der Waals surface area contributed by atoms with Crippen molar-refractivity contribution >= 4 is 35.1 Å². The summed E-state index contributed by atoms with van der Waals surface area (Å²) in [6, 6.07) is 5.27.